The van der Waals surface area contributed by atoms with Crippen LogP contribution in [0.4, 0.5) is 0 Å². The summed E-state index contributed by atoms with van der Waals surface area (Å²) in [6, 6.07) is 5.89. The predicted molar refractivity (Wildman–Crippen MR) is 65.3 cm³/mol. The standard InChI is InChI=1S/C13H8N5O/c1-3-8-7-18-11-10(19-12(18)9(8)14-4-1)16-13-15-5-2-6-17(11)13/h1-6H,7H2/q+1. The van der Waals surface area contributed by atoms with Gasteiger partial charge in [-0.2, -0.15) is 14.0 Å². The third kappa shape index (κ3) is 1.02. The number of rotatable bonds is 0. The summed E-state index contributed by atoms with van der Waals surface area (Å²) in [5.41, 5.74) is 3.60. The van der Waals surface area contributed by atoms with Crippen molar-refractivity contribution in [3.63, 3.8) is 0 Å². The molecule has 0 radical (unpaired) electrons. The van der Waals surface area contributed by atoms with Crippen LogP contribution in [0.15, 0.2) is 41.2 Å². The number of oxazole rings is 1. The Morgan fingerprint density at radius 2 is 2.16 bits per heavy atom. The summed E-state index contributed by atoms with van der Waals surface area (Å²) < 4.78 is 9.88. The van der Waals surface area contributed by atoms with E-state index in [1.165, 1.54) is 5.56 Å². The van der Waals surface area contributed by atoms with Crippen LogP contribution >= 0.6 is 0 Å². The van der Waals surface area contributed by atoms with Crippen LogP contribution in [0, 0.1) is 0 Å². The second-order valence-electron chi connectivity index (χ2n) is 4.53. The molecule has 0 spiro atoms. The average Bonchev–Trinajstić information content (AvgIpc) is 3.05. The number of imidazole rings is 1. The van der Waals surface area contributed by atoms with Crippen LogP contribution in [0.5, 0.6) is 0 Å². The third-order valence-corrected chi connectivity index (χ3v) is 3.46. The first-order valence-electron chi connectivity index (χ1n) is 6.01. The Morgan fingerprint density at radius 1 is 1.21 bits per heavy atom. The van der Waals surface area contributed by atoms with Crippen molar-refractivity contribution in [1.29, 1.82) is 0 Å². The topological polar surface area (TPSA) is 60.1 Å². The minimum atomic E-state index is 0.602. The molecule has 0 saturated carbocycles. The number of pyridine rings is 1. The number of hydrogen-bond donors (Lipinski definition) is 0. The van der Waals surface area contributed by atoms with Crippen LogP contribution in [-0.4, -0.2) is 19.4 Å². The van der Waals surface area contributed by atoms with Crippen molar-refractivity contribution in [3.8, 4) is 11.6 Å². The fourth-order valence-electron chi connectivity index (χ4n) is 2.66. The number of nitrogens with zero attached hydrogens (tertiary/aromatic N) is 5. The Kier molecular flexibility index (Phi) is 1.44. The largest absolute Gasteiger partial charge is 0.394 e. The minimum Gasteiger partial charge on any atom is -0.394 e. The molecule has 0 aromatic carbocycles. The Morgan fingerprint density at radius 3 is 3.16 bits per heavy atom. The van der Waals surface area contributed by atoms with Crippen molar-refractivity contribution in [2.45, 2.75) is 6.54 Å². The van der Waals surface area contributed by atoms with E-state index in [4.69, 9.17) is 4.42 Å². The van der Waals surface area contributed by atoms with Crippen molar-refractivity contribution in [2.75, 3.05) is 0 Å². The Balaban J connectivity index is 1.94. The summed E-state index contributed by atoms with van der Waals surface area (Å²) in [4.78, 5) is 13.0. The van der Waals surface area contributed by atoms with Gasteiger partial charge in [-0.15, -0.1) is 4.98 Å². The average molecular weight is 250 g/mol. The highest BCUT2D eigenvalue weighted by molar-refractivity contribution is 5.70. The van der Waals surface area contributed by atoms with Gasteiger partial charge in [0, 0.05) is 18.0 Å². The van der Waals surface area contributed by atoms with E-state index in [0.29, 0.717) is 11.5 Å². The van der Waals surface area contributed by atoms with Crippen molar-refractivity contribution >= 4 is 17.1 Å². The van der Waals surface area contributed by atoms with E-state index >= 15 is 0 Å². The monoisotopic (exact) mass is 250 g/mol. The van der Waals surface area contributed by atoms with Crippen LogP contribution in [0.2, 0.25) is 0 Å². The SMILES string of the molecule is c1cnc2c(c1)C[n+]1c-2oc2nc3ncccn3c21. The zero-order valence-electron chi connectivity index (χ0n) is 9.82. The van der Waals surface area contributed by atoms with E-state index in [1.807, 2.05) is 22.7 Å². The maximum atomic E-state index is 5.85. The highest BCUT2D eigenvalue weighted by Crippen LogP contribution is 2.28. The first-order chi connectivity index (χ1) is 9.42. The lowest BCUT2D eigenvalue weighted by Crippen LogP contribution is -2.31. The molecule has 0 N–H and O–H groups in total. The lowest BCUT2D eigenvalue weighted by molar-refractivity contribution is -0.651. The first kappa shape index (κ1) is 9.21. The van der Waals surface area contributed by atoms with Gasteiger partial charge in [0.2, 0.25) is 0 Å². The fourth-order valence-corrected chi connectivity index (χ4v) is 2.66. The molecule has 4 aromatic rings. The predicted octanol–water partition coefficient (Wildman–Crippen LogP) is 1.19. The van der Waals surface area contributed by atoms with Gasteiger partial charge in [-0.25, -0.2) is 4.98 Å². The zero-order valence-corrected chi connectivity index (χ0v) is 9.82. The summed E-state index contributed by atoms with van der Waals surface area (Å²) in [5, 5.41) is 0. The highest BCUT2D eigenvalue weighted by atomic mass is 16.4. The van der Waals surface area contributed by atoms with Gasteiger partial charge in [-0.1, -0.05) is 6.07 Å². The van der Waals surface area contributed by atoms with Gasteiger partial charge < -0.3 is 4.42 Å². The summed E-state index contributed by atoms with van der Waals surface area (Å²) in [6.45, 7) is 0.758. The lowest BCUT2D eigenvalue weighted by atomic mass is 10.2. The molecule has 0 bridgehead atoms. The van der Waals surface area contributed by atoms with Crippen molar-refractivity contribution in [1.82, 2.24) is 19.4 Å². The molecule has 5 heterocycles. The van der Waals surface area contributed by atoms with Gasteiger partial charge in [0.15, 0.2) is 5.69 Å². The molecule has 0 saturated heterocycles. The molecular weight excluding hydrogens is 242 g/mol. The summed E-state index contributed by atoms with van der Waals surface area (Å²) in [6.07, 6.45) is 5.45. The molecule has 0 fully saturated rings. The third-order valence-electron chi connectivity index (χ3n) is 3.46. The molecular formula is C13H8N5O+. The Bertz CT molecular complexity index is 952. The number of fused-ring (bicyclic) bond motifs is 7. The van der Waals surface area contributed by atoms with E-state index in [-0.39, 0.29) is 0 Å². The van der Waals surface area contributed by atoms with Gasteiger partial charge in [-0.05, 0) is 12.1 Å². The van der Waals surface area contributed by atoms with Crippen molar-refractivity contribution in [3.05, 3.63) is 42.4 Å². The molecule has 0 atom stereocenters. The number of hydrogen-bond acceptors (Lipinski definition) is 4. The van der Waals surface area contributed by atoms with Crippen molar-refractivity contribution < 1.29 is 8.98 Å². The molecule has 1 aliphatic heterocycles. The van der Waals surface area contributed by atoms with E-state index in [0.717, 1.165) is 23.8 Å². The molecule has 6 nitrogen and oxygen atoms in total. The maximum Gasteiger partial charge on any atom is 0.356 e. The zero-order chi connectivity index (χ0) is 12.4. The Labute approximate surface area is 107 Å². The number of aromatic nitrogens is 5. The molecule has 90 valence electrons. The van der Waals surface area contributed by atoms with Gasteiger partial charge in [0.05, 0.1) is 0 Å². The molecule has 0 unspecified atom stereocenters. The highest BCUT2D eigenvalue weighted by Gasteiger charge is 2.34. The normalized spacial score (nSPS) is 13.1. The van der Waals surface area contributed by atoms with Crippen molar-refractivity contribution in [2.24, 2.45) is 0 Å². The van der Waals surface area contributed by atoms with E-state index in [2.05, 4.69) is 25.6 Å². The molecule has 5 rings (SSSR count). The quantitative estimate of drug-likeness (QED) is 0.387. The first-order valence-corrected chi connectivity index (χ1v) is 6.01. The van der Waals surface area contributed by atoms with Crippen LogP contribution in [0.3, 0.4) is 0 Å². The summed E-state index contributed by atoms with van der Waals surface area (Å²) in [5.74, 6) is 1.42. The fraction of sp³-hybridized carbons (Fsp3) is 0.0769. The van der Waals surface area contributed by atoms with Gasteiger partial charge in [0.25, 0.3) is 0 Å². The van der Waals surface area contributed by atoms with E-state index in [9.17, 15) is 0 Å². The van der Waals surface area contributed by atoms with E-state index in [1.54, 1.807) is 12.4 Å². The molecule has 0 aliphatic carbocycles. The van der Waals surface area contributed by atoms with Crippen LogP contribution < -0.4 is 4.57 Å². The maximum absolute atomic E-state index is 5.85. The van der Waals surface area contributed by atoms with Gasteiger partial charge in [0.1, 0.15) is 12.7 Å². The van der Waals surface area contributed by atoms with Crippen LogP contribution in [0.25, 0.3) is 28.7 Å². The second kappa shape index (κ2) is 2.97. The van der Waals surface area contributed by atoms with Crippen LogP contribution in [0.1, 0.15) is 5.56 Å². The van der Waals surface area contributed by atoms with Gasteiger partial charge in [-0.3, -0.25) is 0 Å². The smallest absolute Gasteiger partial charge is 0.356 e. The van der Waals surface area contributed by atoms with Crippen LogP contribution in [-0.2, 0) is 6.54 Å². The molecule has 0 amide bonds. The molecule has 1 aliphatic rings. The summed E-state index contributed by atoms with van der Waals surface area (Å²) in [7, 11) is 0. The molecule has 19 heavy (non-hydrogen) atoms. The Hall–Kier alpha value is -2.76. The van der Waals surface area contributed by atoms with E-state index < -0.39 is 0 Å². The molecule has 4 aromatic heterocycles. The summed E-state index contributed by atoms with van der Waals surface area (Å²) >= 11 is 0. The minimum absolute atomic E-state index is 0.602. The lowest BCUT2D eigenvalue weighted by Gasteiger charge is -1.90. The molecule has 6 heteroatoms. The second-order valence-corrected chi connectivity index (χ2v) is 4.53. The van der Waals surface area contributed by atoms with Gasteiger partial charge >= 0.3 is 23.0 Å².